The third kappa shape index (κ3) is 2.52. The monoisotopic (exact) mass is 256 g/mol. The second kappa shape index (κ2) is 5.02. The third-order valence-electron chi connectivity index (χ3n) is 3.08. The molecular weight excluding hydrogens is 240 g/mol. The van der Waals surface area contributed by atoms with Gasteiger partial charge < -0.3 is 15.6 Å². The Bertz CT molecular complexity index is 620. The van der Waals surface area contributed by atoms with Crippen molar-refractivity contribution in [2.24, 2.45) is 0 Å². The van der Waals surface area contributed by atoms with Crippen molar-refractivity contribution in [2.75, 3.05) is 11.1 Å². The second-order valence-corrected chi connectivity index (χ2v) is 4.52. The predicted octanol–water partition coefficient (Wildman–Crippen LogP) is 2.92. The van der Waals surface area contributed by atoms with Crippen LogP contribution in [0.15, 0.2) is 22.7 Å². The van der Waals surface area contributed by atoms with Gasteiger partial charge in [-0.25, -0.2) is 0 Å². The molecular formula is C14H16N4O. The van der Waals surface area contributed by atoms with Crippen LogP contribution in [0.5, 0.6) is 0 Å². The number of nitrogens with zero attached hydrogens (tertiary/aromatic N) is 2. The van der Waals surface area contributed by atoms with Gasteiger partial charge in [0.2, 0.25) is 0 Å². The van der Waals surface area contributed by atoms with Crippen LogP contribution in [-0.2, 0) is 0 Å². The van der Waals surface area contributed by atoms with Crippen LogP contribution in [0.25, 0.3) is 0 Å². The van der Waals surface area contributed by atoms with Gasteiger partial charge in [0.25, 0.3) is 0 Å². The maximum atomic E-state index is 8.84. The lowest BCUT2D eigenvalue weighted by atomic mass is 10.1. The molecule has 0 bridgehead atoms. The van der Waals surface area contributed by atoms with Gasteiger partial charge in [-0.05, 0) is 39.0 Å². The highest BCUT2D eigenvalue weighted by molar-refractivity contribution is 5.63. The van der Waals surface area contributed by atoms with E-state index >= 15 is 0 Å². The van der Waals surface area contributed by atoms with E-state index in [1.54, 1.807) is 12.1 Å². The first-order valence-corrected chi connectivity index (χ1v) is 6.02. The summed E-state index contributed by atoms with van der Waals surface area (Å²) < 4.78 is 5.16. The summed E-state index contributed by atoms with van der Waals surface area (Å²) >= 11 is 0. The van der Waals surface area contributed by atoms with E-state index in [9.17, 15) is 0 Å². The van der Waals surface area contributed by atoms with Crippen LogP contribution < -0.4 is 11.1 Å². The van der Waals surface area contributed by atoms with Gasteiger partial charge in [0.15, 0.2) is 0 Å². The molecule has 0 fully saturated rings. The van der Waals surface area contributed by atoms with Crippen LogP contribution in [0.3, 0.4) is 0 Å². The van der Waals surface area contributed by atoms with E-state index in [1.807, 2.05) is 32.9 Å². The number of nitrogen functional groups attached to an aromatic ring is 1. The minimum atomic E-state index is 0.0542. The van der Waals surface area contributed by atoms with Crippen LogP contribution in [0, 0.1) is 25.2 Å². The predicted molar refractivity (Wildman–Crippen MR) is 73.6 cm³/mol. The summed E-state index contributed by atoms with van der Waals surface area (Å²) in [6.45, 7) is 5.83. The van der Waals surface area contributed by atoms with E-state index in [4.69, 9.17) is 15.5 Å². The SMILES string of the molecule is Cc1noc(C)c1C(C)Nc1ccc(C#N)c(N)c1. The van der Waals surface area contributed by atoms with Gasteiger partial charge in [-0.1, -0.05) is 5.16 Å². The summed E-state index contributed by atoms with van der Waals surface area (Å²) in [5.74, 6) is 0.805. The van der Waals surface area contributed by atoms with Crippen LogP contribution in [0.4, 0.5) is 11.4 Å². The number of hydrogen-bond donors (Lipinski definition) is 2. The van der Waals surface area contributed by atoms with Crippen molar-refractivity contribution in [2.45, 2.75) is 26.8 Å². The minimum absolute atomic E-state index is 0.0542. The number of aryl methyl sites for hydroxylation is 2. The average Bonchev–Trinajstić information content (AvgIpc) is 2.69. The Morgan fingerprint density at radius 3 is 2.68 bits per heavy atom. The quantitative estimate of drug-likeness (QED) is 0.824. The van der Waals surface area contributed by atoms with Crippen molar-refractivity contribution in [3.05, 3.63) is 40.8 Å². The molecule has 1 aromatic heterocycles. The molecule has 1 aromatic carbocycles. The molecule has 5 heteroatoms. The molecule has 2 rings (SSSR count). The molecule has 5 nitrogen and oxygen atoms in total. The van der Waals surface area contributed by atoms with Gasteiger partial charge >= 0.3 is 0 Å². The van der Waals surface area contributed by atoms with E-state index in [2.05, 4.69) is 10.5 Å². The topological polar surface area (TPSA) is 87.9 Å². The van der Waals surface area contributed by atoms with E-state index in [0.29, 0.717) is 11.3 Å². The fraction of sp³-hybridized carbons (Fsp3) is 0.286. The molecule has 0 aliphatic heterocycles. The van der Waals surface area contributed by atoms with Crippen molar-refractivity contribution in [1.29, 1.82) is 5.26 Å². The molecule has 1 atom stereocenters. The average molecular weight is 256 g/mol. The highest BCUT2D eigenvalue weighted by Crippen LogP contribution is 2.26. The summed E-state index contributed by atoms with van der Waals surface area (Å²) in [6.07, 6.45) is 0. The van der Waals surface area contributed by atoms with E-state index in [-0.39, 0.29) is 6.04 Å². The van der Waals surface area contributed by atoms with Gasteiger partial charge in [0.1, 0.15) is 11.8 Å². The first-order chi connectivity index (χ1) is 9.02. The summed E-state index contributed by atoms with van der Waals surface area (Å²) in [6, 6.07) is 7.40. The van der Waals surface area contributed by atoms with Crippen molar-refractivity contribution in [1.82, 2.24) is 5.16 Å². The fourth-order valence-electron chi connectivity index (χ4n) is 2.18. The Balaban J connectivity index is 2.22. The molecule has 0 radical (unpaired) electrons. The van der Waals surface area contributed by atoms with Gasteiger partial charge in [-0.3, -0.25) is 0 Å². The van der Waals surface area contributed by atoms with E-state index < -0.39 is 0 Å². The maximum Gasteiger partial charge on any atom is 0.139 e. The molecule has 2 aromatic rings. The number of nitrogens with two attached hydrogens (primary N) is 1. The molecule has 0 aliphatic rings. The molecule has 3 N–H and O–H groups in total. The zero-order valence-electron chi connectivity index (χ0n) is 11.2. The lowest BCUT2D eigenvalue weighted by Crippen LogP contribution is -2.08. The summed E-state index contributed by atoms with van der Waals surface area (Å²) in [5, 5.41) is 16.1. The van der Waals surface area contributed by atoms with Crippen molar-refractivity contribution < 1.29 is 4.52 Å². The van der Waals surface area contributed by atoms with Crippen LogP contribution in [0.2, 0.25) is 0 Å². The number of nitrogens with one attached hydrogen (secondary N) is 1. The first kappa shape index (κ1) is 13.0. The van der Waals surface area contributed by atoms with Crippen LogP contribution in [-0.4, -0.2) is 5.16 Å². The third-order valence-corrected chi connectivity index (χ3v) is 3.08. The van der Waals surface area contributed by atoms with Crippen LogP contribution >= 0.6 is 0 Å². The number of benzene rings is 1. The molecule has 0 saturated heterocycles. The van der Waals surface area contributed by atoms with E-state index in [0.717, 1.165) is 22.7 Å². The number of aromatic nitrogens is 1. The normalized spacial score (nSPS) is 11.9. The summed E-state index contributed by atoms with van der Waals surface area (Å²) in [7, 11) is 0. The van der Waals surface area contributed by atoms with Gasteiger partial charge in [-0.15, -0.1) is 0 Å². The molecule has 0 spiro atoms. The van der Waals surface area contributed by atoms with E-state index in [1.165, 1.54) is 0 Å². The number of hydrogen-bond acceptors (Lipinski definition) is 5. The number of anilines is 2. The number of nitriles is 1. The molecule has 1 heterocycles. The Labute approximate surface area is 112 Å². The Hall–Kier alpha value is -2.48. The lowest BCUT2D eigenvalue weighted by molar-refractivity contribution is 0.392. The summed E-state index contributed by atoms with van der Waals surface area (Å²) in [5.41, 5.74) is 9.53. The second-order valence-electron chi connectivity index (χ2n) is 4.52. The lowest BCUT2D eigenvalue weighted by Gasteiger charge is -2.15. The van der Waals surface area contributed by atoms with Crippen LogP contribution in [0.1, 0.15) is 35.5 Å². The zero-order chi connectivity index (χ0) is 14.0. The fourth-order valence-corrected chi connectivity index (χ4v) is 2.18. The van der Waals surface area contributed by atoms with Crippen molar-refractivity contribution in [3.8, 4) is 6.07 Å². The molecule has 0 amide bonds. The number of rotatable bonds is 3. The molecule has 1 unspecified atom stereocenters. The first-order valence-electron chi connectivity index (χ1n) is 6.02. The molecule has 19 heavy (non-hydrogen) atoms. The van der Waals surface area contributed by atoms with Gasteiger partial charge in [0.05, 0.1) is 23.0 Å². The highest BCUT2D eigenvalue weighted by Gasteiger charge is 2.16. The molecule has 0 saturated carbocycles. The smallest absolute Gasteiger partial charge is 0.139 e. The Kier molecular flexibility index (Phi) is 3.43. The standard InChI is InChI=1S/C14H16N4O/c1-8(14-9(2)18-19-10(14)3)17-12-5-4-11(7-15)13(16)6-12/h4-6,8,17H,16H2,1-3H3. The van der Waals surface area contributed by atoms with Crippen molar-refractivity contribution >= 4 is 11.4 Å². The highest BCUT2D eigenvalue weighted by atomic mass is 16.5. The van der Waals surface area contributed by atoms with Crippen molar-refractivity contribution in [3.63, 3.8) is 0 Å². The molecule has 0 aliphatic carbocycles. The Morgan fingerprint density at radius 2 is 2.16 bits per heavy atom. The molecule has 98 valence electrons. The largest absolute Gasteiger partial charge is 0.398 e. The maximum absolute atomic E-state index is 8.84. The minimum Gasteiger partial charge on any atom is -0.398 e. The zero-order valence-corrected chi connectivity index (χ0v) is 11.2. The van der Waals surface area contributed by atoms with Gasteiger partial charge in [-0.2, -0.15) is 5.26 Å². The summed E-state index contributed by atoms with van der Waals surface area (Å²) in [4.78, 5) is 0. The van der Waals surface area contributed by atoms with Gasteiger partial charge in [0, 0.05) is 11.3 Å². The Morgan fingerprint density at radius 1 is 1.42 bits per heavy atom.